The van der Waals surface area contributed by atoms with Crippen LogP contribution in [0.1, 0.15) is 26.2 Å². The Hall–Kier alpha value is -0.730. The molecule has 8 heteroatoms. The summed E-state index contributed by atoms with van der Waals surface area (Å²) in [5, 5.41) is 7.35. The third kappa shape index (κ3) is 1.92. The lowest BCUT2D eigenvalue weighted by Crippen LogP contribution is -2.35. The summed E-state index contributed by atoms with van der Waals surface area (Å²) in [5.74, 6) is 0. The minimum Gasteiger partial charge on any atom is -0.374 e. The molecular formula is C8H14N4O2S2. The van der Waals surface area contributed by atoms with Gasteiger partial charge in [0.2, 0.25) is 9.47 Å². The van der Waals surface area contributed by atoms with Crippen molar-refractivity contribution in [2.75, 3.05) is 12.3 Å². The van der Waals surface area contributed by atoms with Crippen LogP contribution in [0.2, 0.25) is 0 Å². The number of anilines is 1. The van der Waals surface area contributed by atoms with Gasteiger partial charge in [0.15, 0.2) is 0 Å². The van der Waals surface area contributed by atoms with E-state index in [9.17, 15) is 8.42 Å². The molecule has 0 aromatic carbocycles. The van der Waals surface area contributed by atoms with Crippen molar-refractivity contribution >= 4 is 26.5 Å². The molecule has 1 aliphatic heterocycles. The number of hydrogen-bond donors (Lipinski definition) is 1. The Morgan fingerprint density at radius 1 is 1.56 bits per heavy atom. The number of sulfonamides is 1. The molecule has 90 valence electrons. The van der Waals surface area contributed by atoms with Crippen LogP contribution < -0.4 is 5.73 Å². The Kier molecular flexibility index (Phi) is 3.13. The van der Waals surface area contributed by atoms with E-state index in [4.69, 9.17) is 5.73 Å². The number of nitrogens with zero attached hydrogens (tertiary/aromatic N) is 3. The largest absolute Gasteiger partial charge is 0.374 e. The van der Waals surface area contributed by atoms with E-state index >= 15 is 0 Å². The lowest BCUT2D eigenvalue weighted by molar-refractivity contribution is 0.379. The third-order valence-electron chi connectivity index (χ3n) is 2.75. The average molecular weight is 262 g/mol. The molecule has 0 spiro atoms. The number of rotatable bonds is 3. The highest BCUT2D eigenvalue weighted by atomic mass is 32.2. The fraction of sp³-hybridized carbons (Fsp3) is 0.750. The van der Waals surface area contributed by atoms with E-state index in [1.54, 1.807) is 0 Å². The van der Waals surface area contributed by atoms with Crippen molar-refractivity contribution in [2.24, 2.45) is 0 Å². The zero-order valence-corrected chi connectivity index (χ0v) is 10.6. The van der Waals surface area contributed by atoms with Crippen molar-refractivity contribution in [3.8, 4) is 0 Å². The standard InChI is InChI=1S/C8H14N4O2S2/c1-2-6-4-3-5-12(6)16(13,14)8-11-10-7(9)15-8/h6H,2-5H2,1H3,(H2,9,10). The summed E-state index contributed by atoms with van der Waals surface area (Å²) >= 11 is 0.920. The molecule has 1 aromatic heterocycles. The quantitative estimate of drug-likeness (QED) is 0.865. The first-order chi connectivity index (χ1) is 7.55. The van der Waals surface area contributed by atoms with Gasteiger partial charge in [-0.3, -0.25) is 0 Å². The molecule has 2 N–H and O–H groups in total. The molecule has 2 rings (SSSR count). The Morgan fingerprint density at radius 2 is 2.31 bits per heavy atom. The van der Waals surface area contributed by atoms with Gasteiger partial charge in [-0.25, -0.2) is 8.42 Å². The van der Waals surface area contributed by atoms with E-state index < -0.39 is 10.0 Å². The van der Waals surface area contributed by atoms with Crippen LogP contribution >= 0.6 is 11.3 Å². The molecule has 1 fully saturated rings. The van der Waals surface area contributed by atoms with Gasteiger partial charge >= 0.3 is 0 Å². The first-order valence-electron chi connectivity index (χ1n) is 5.16. The van der Waals surface area contributed by atoms with E-state index in [-0.39, 0.29) is 15.5 Å². The molecule has 0 aliphatic carbocycles. The Balaban J connectivity index is 2.32. The maximum Gasteiger partial charge on any atom is 0.272 e. The van der Waals surface area contributed by atoms with E-state index in [1.807, 2.05) is 6.92 Å². The first-order valence-corrected chi connectivity index (χ1v) is 7.42. The van der Waals surface area contributed by atoms with Crippen LogP contribution in [0.4, 0.5) is 5.13 Å². The van der Waals surface area contributed by atoms with E-state index in [0.29, 0.717) is 6.54 Å². The Bertz CT molecular complexity index is 470. The monoisotopic (exact) mass is 262 g/mol. The maximum atomic E-state index is 12.2. The van der Waals surface area contributed by atoms with Gasteiger partial charge in [0.25, 0.3) is 10.0 Å². The van der Waals surface area contributed by atoms with Gasteiger partial charge in [-0.2, -0.15) is 4.31 Å². The summed E-state index contributed by atoms with van der Waals surface area (Å²) in [5.41, 5.74) is 5.40. The molecule has 1 aromatic rings. The summed E-state index contributed by atoms with van der Waals surface area (Å²) in [6.07, 6.45) is 2.66. The van der Waals surface area contributed by atoms with Crippen molar-refractivity contribution in [1.82, 2.24) is 14.5 Å². The molecule has 0 saturated carbocycles. The highest BCUT2D eigenvalue weighted by molar-refractivity contribution is 7.91. The molecule has 1 aliphatic rings. The fourth-order valence-corrected chi connectivity index (χ4v) is 4.63. The molecule has 1 unspecified atom stereocenters. The number of hydrogen-bond acceptors (Lipinski definition) is 6. The minimum atomic E-state index is -3.48. The predicted molar refractivity (Wildman–Crippen MR) is 61.5 cm³/mol. The molecule has 0 bridgehead atoms. The molecule has 2 heterocycles. The summed E-state index contributed by atoms with van der Waals surface area (Å²) in [6, 6.07) is 0.0927. The van der Waals surface area contributed by atoms with Gasteiger partial charge in [0.05, 0.1) is 0 Å². The number of nitrogens with two attached hydrogens (primary N) is 1. The second-order valence-electron chi connectivity index (χ2n) is 3.73. The van der Waals surface area contributed by atoms with Crippen molar-refractivity contribution in [3.05, 3.63) is 0 Å². The number of nitrogen functional groups attached to an aromatic ring is 1. The summed E-state index contributed by atoms with van der Waals surface area (Å²) in [7, 11) is -3.48. The highest BCUT2D eigenvalue weighted by Gasteiger charge is 2.36. The molecule has 6 nitrogen and oxygen atoms in total. The predicted octanol–water partition coefficient (Wildman–Crippen LogP) is 0.683. The molecule has 16 heavy (non-hydrogen) atoms. The van der Waals surface area contributed by atoms with Crippen LogP contribution in [0.15, 0.2) is 4.34 Å². The molecule has 1 atom stereocenters. The fourth-order valence-electron chi connectivity index (χ4n) is 1.96. The lowest BCUT2D eigenvalue weighted by atomic mass is 10.2. The molecule has 1 saturated heterocycles. The SMILES string of the molecule is CCC1CCCN1S(=O)(=O)c1nnc(N)s1. The van der Waals surface area contributed by atoms with Crippen LogP contribution in [0.25, 0.3) is 0 Å². The van der Waals surface area contributed by atoms with Gasteiger partial charge < -0.3 is 5.73 Å². The Morgan fingerprint density at radius 3 is 2.88 bits per heavy atom. The van der Waals surface area contributed by atoms with Gasteiger partial charge in [0, 0.05) is 12.6 Å². The normalized spacial score (nSPS) is 22.7. The van der Waals surface area contributed by atoms with Crippen LogP contribution in [0.3, 0.4) is 0 Å². The Labute approximate surface area is 98.5 Å². The lowest BCUT2D eigenvalue weighted by Gasteiger charge is -2.20. The van der Waals surface area contributed by atoms with Crippen LogP contribution in [-0.4, -0.2) is 35.5 Å². The van der Waals surface area contributed by atoms with E-state index in [0.717, 1.165) is 30.6 Å². The summed E-state index contributed by atoms with van der Waals surface area (Å²) in [6.45, 7) is 2.56. The summed E-state index contributed by atoms with van der Waals surface area (Å²) in [4.78, 5) is 0. The minimum absolute atomic E-state index is 0.00495. The first kappa shape index (κ1) is 11.7. The molecular weight excluding hydrogens is 248 g/mol. The van der Waals surface area contributed by atoms with Gasteiger partial charge in [0.1, 0.15) is 0 Å². The average Bonchev–Trinajstić information content (AvgIpc) is 2.85. The summed E-state index contributed by atoms with van der Waals surface area (Å²) < 4.78 is 25.9. The number of aromatic nitrogens is 2. The zero-order chi connectivity index (χ0) is 11.8. The molecule has 0 amide bonds. The second-order valence-corrected chi connectivity index (χ2v) is 6.80. The molecule has 0 radical (unpaired) electrons. The maximum absolute atomic E-state index is 12.2. The smallest absolute Gasteiger partial charge is 0.272 e. The van der Waals surface area contributed by atoms with E-state index in [2.05, 4.69) is 10.2 Å². The van der Waals surface area contributed by atoms with Crippen LogP contribution in [0.5, 0.6) is 0 Å². The van der Waals surface area contributed by atoms with Crippen molar-refractivity contribution in [3.63, 3.8) is 0 Å². The van der Waals surface area contributed by atoms with Gasteiger partial charge in [-0.1, -0.05) is 18.3 Å². The highest BCUT2D eigenvalue weighted by Crippen LogP contribution is 2.29. The van der Waals surface area contributed by atoms with Crippen molar-refractivity contribution < 1.29 is 8.42 Å². The van der Waals surface area contributed by atoms with Crippen molar-refractivity contribution in [2.45, 2.75) is 36.6 Å². The second kappa shape index (κ2) is 4.27. The zero-order valence-electron chi connectivity index (χ0n) is 8.96. The van der Waals surface area contributed by atoms with Crippen LogP contribution in [-0.2, 0) is 10.0 Å². The van der Waals surface area contributed by atoms with Crippen LogP contribution in [0, 0.1) is 0 Å². The topological polar surface area (TPSA) is 89.2 Å². The van der Waals surface area contributed by atoms with Crippen molar-refractivity contribution in [1.29, 1.82) is 0 Å². The van der Waals surface area contributed by atoms with E-state index in [1.165, 1.54) is 4.31 Å². The third-order valence-corrected chi connectivity index (χ3v) is 5.80. The van der Waals surface area contributed by atoms with Gasteiger partial charge in [-0.05, 0) is 19.3 Å². The van der Waals surface area contributed by atoms with Gasteiger partial charge in [-0.15, -0.1) is 10.2 Å².